The van der Waals surface area contributed by atoms with Crippen molar-refractivity contribution < 1.29 is 23.8 Å². The quantitative estimate of drug-likeness (QED) is 0.497. The molecule has 0 unspecified atom stereocenters. The molecule has 11 nitrogen and oxygen atoms in total. The van der Waals surface area contributed by atoms with Crippen molar-refractivity contribution in [3.63, 3.8) is 0 Å². The van der Waals surface area contributed by atoms with Crippen LogP contribution in [0.5, 0.6) is 0 Å². The zero-order valence-corrected chi connectivity index (χ0v) is 17.0. The number of terminal acetylenes is 2. The minimum atomic E-state index is -1.08. The average molecular weight is 427 g/mol. The molecule has 2 N–H and O–H groups in total. The number of carbonyl (C=O) groups is 2. The van der Waals surface area contributed by atoms with E-state index in [1.165, 1.54) is 29.2 Å². The van der Waals surface area contributed by atoms with Gasteiger partial charge in [-0.05, 0) is 0 Å². The minimum Gasteiger partial charge on any atom is -0.459 e. The normalized spacial score (nSPS) is 21.2. The summed E-state index contributed by atoms with van der Waals surface area (Å²) in [7, 11) is 0. The van der Waals surface area contributed by atoms with Crippen LogP contribution in [-0.2, 0) is 30.3 Å². The third kappa shape index (κ3) is 4.37. The summed E-state index contributed by atoms with van der Waals surface area (Å²) in [4.78, 5) is 44.4. The van der Waals surface area contributed by atoms with Crippen LogP contribution in [0.15, 0.2) is 11.0 Å². The molecule has 11 heteroatoms. The number of ether oxygens (including phenoxy) is 3. The molecule has 4 atom stereocenters. The number of esters is 2. The number of rotatable bonds is 6. The highest BCUT2D eigenvalue weighted by Gasteiger charge is 2.45. The second-order valence-corrected chi connectivity index (χ2v) is 6.88. The van der Waals surface area contributed by atoms with E-state index in [-0.39, 0.29) is 31.0 Å². The molecule has 2 aromatic heterocycles. The van der Waals surface area contributed by atoms with Crippen molar-refractivity contribution in [3.05, 3.63) is 16.7 Å². The van der Waals surface area contributed by atoms with Gasteiger partial charge in [-0.3, -0.25) is 14.2 Å². The van der Waals surface area contributed by atoms with Crippen LogP contribution in [0.4, 0.5) is 5.95 Å². The molecule has 31 heavy (non-hydrogen) atoms. The number of fused-ring (bicyclic) bond motifs is 1. The zero-order valence-electron chi connectivity index (χ0n) is 17.0. The topological polar surface area (TPSA) is 141 Å². The van der Waals surface area contributed by atoms with Gasteiger partial charge in [-0.1, -0.05) is 5.92 Å². The summed E-state index contributed by atoms with van der Waals surface area (Å²) < 4.78 is 19.2. The van der Waals surface area contributed by atoms with Gasteiger partial charge in [0.1, 0.15) is 23.8 Å². The van der Waals surface area contributed by atoms with Crippen LogP contribution in [0.25, 0.3) is 11.2 Å². The molecular weight excluding hydrogens is 406 g/mol. The maximum atomic E-state index is 13.2. The molecule has 0 amide bonds. The monoisotopic (exact) mass is 427 g/mol. The van der Waals surface area contributed by atoms with Crippen molar-refractivity contribution in [2.24, 2.45) is 0 Å². The lowest BCUT2D eigenvalue weighted by Crippen LogP contribution is -2.34. The molecule has 3 rings (SSSR count). The van der Waals surface area contributed by atoms with Gasteiger partial charge in [0.25, 0.3) is 0 Å². The third-order valence-electron chi connectivity index (χ3n) is 4.69. The Morgan fingerprint density at radius 1 is 1.35 bits per heavy atom. The Labute approximate surface area is 177 Å². The number of hydrogen-bond donors (Lipinski definition) is 1. The van der Waals surface area contributed by atoms with E-state index in [1.807, 2.05) is 0 Å². The summed E-state index contributed by atoms with van der Waals surface area (Å²) in [6.07, 6.45) is 8.90. The number of aromatic nitrogens is 4. The van der Waals surface area contributed by atoms with Crippen molar-refractivity contribution in [2.45, 2.75) is 57.8 Å². The van der Waals surface area contributed by atoms with Crippen molar-refractivity contribution in [1.29, 1.82) is 0 Å². The zero-order chi connectivity index (χ0) is 22.7. The first-order valence-electron chi connectivity index (χ1n) is 9.36. The van der Waals surface area contributed by atoms with Crippen LogP contribution in [0, 0.1) is 24.7 Å². The predicted octanol–water partition coefficient (Wildman–Crippen LogP) is -0.0174. The summed E-state index contributed by atoms with van der Waals surface area (Å²) in [5.74, 6) is 3.65. The summed E-state index contributed by atoms with van der Waals surface area (Å²) in [6.45, 7) is 2.44. The van der Waals surface area contributed by atoms with Gasteiger partial charge in [-0.2, -0.15) is 4.98 Å². The van der Waals surface area contributed by atoms with E-state index in [0.717, 1.165) is 0 Å². The molecule has 0 saturated carbocycles. The summed E-state index contributed by atoms with van der Waals surface area (Å²) in [6, 6.07) is 0. The Balaban J connectivity index is 2.11. The fraction of sp³-hybridized carbons (Fsp3) is 0.450. The number of nitrogens with two attached hydrogens (primary N) is 1. The van der Waals surface area contributed by atoms with E-state index in [9.17, 15) is 14.4 Å². The lowest BCUT2D eigenvalue weighted by atomic mass is 10.1. The predicted molar refractivity (Wildman–Crippen MR) is 108 cm³/mol. The minimum absolute atomic E-state index is 0.0445. The van der Waals surface area contributed by atoms with Gasteiger partial charge >= 0.3 is 17.6 Å². The lowest BCUT2D eigenvalue weighted by Gasteiger charge is -2.22. The maximum Gasteiger partial charge on any atom is 0.333 e. The van der Waals surface area contributed by atoms with Crippen molar-refractivity contribution in [1.82, 2.24) is 19.1 Å². The summed E-state index contributed by atoms with van der Waals surface area (Å²) >= 11 is 0. The van der Waals surface area contributed by atoms with Gasteiger partial charge in [-0.25, -0.2) is 14.3 Å². The Kier molecular flexibility index (Phi) is 6.28. The van der Waals surface area contributed by atoms with Crippen molar-refractivity contribution in [2.75, 3.05) is 5.73 Å². The first kappa shape index (κ1) is 21.9. The number of anilines is 1. The molecule has 0 aliphatic carbocycles. The Morgan fingerprint density at radius 2 is 2.10 bits per heavy atom. The van der Waals surface area contributed by atoms with E-state index in [4.69, 9.17) is 32.8 Å². The van der Waals surface area contributed by atoms with Gasteiger partial charge in [-0.15, -0.1) is 18.8 Å². The lowest BCUT2D eigenvalue weighted by molar-refractivity contribution is -0.158. The number of hydrogen-bond acceptors (Lipinski definition) is 9. The number of nitrogens with zero attached hydrogens (tertiary/aromatic N) is 4. The van der Waals surface area contributed by atoms with Gasteiger partial charge in [0.05, 0.1) is 12.7 Å². The molecule has 1 aliphatic heterocycles. The summed E-state index contributed by atoms with van der Waals surface area (Å²) in [5, 5.41) is 0. The molecular formula is C20H21N5O6. The average Bonchev–Trinajstić information content (AvgIpc) is 3.19. The van der Waals surface area contributed by atoms with Gasteiger partial charge in [0.2, 0.25) is 5.95 Å². The van der Waals surface area contributed by atoms with Gasteiger partial charge in [0, 0.05) is 26.7 Å². The van der Waals surface area contributed by atoms with E-state index in [0.29, 0.717) is 5.52 Å². The van der Waals surface area contributed by atoms with Crippen LogP contribution in [0.2, 0.25) is 0 Å². The standard InChI is InChI=1S/C20H21N5O6/c1-5-7-14(29-11(3)26)15-9-16(30-12(4)27)18(31-15)25-17-13(10-22-19(21)23-17)24(8-6-2)20(25)28/h1-2,10,14-16,18H,7-9H2,3-4H3,(H2,21,22,23)/t14-,15-,16+,18+/m0/s1. The Hall–Kier alpha value is -3.83. The fourth-order valence-corrected chi connectivity index (χ4v) is 3.58. The number of nitrogen functional groups attached to an aromatic ring is 1. The summed E-state index contributed by atoms with van der Waals surface area (Å²) in [5.41, 5.74) is 5.67. The highest BCUT2D eigenvalue weighted by atomic mass is 16.6. The first-order chi connectivity index (χ1) is 14.8. The number of imidazole rings is 1. The smallest absolute Gasteiger partial charge is 0.333 e. The second-order valence-electron chi connectivity index (χ2n) is 6.88. The molecule has 1 aliphatic rings. The van der Waals surface area contributed by atoms with Crippen LogP contribution in [0.1, 0.15) is 32.9 Å². The molecule has 1 saturated heterocycles. The molecule has 0 spiro atoms. The second kappa shape index (κ2) is 8.90. The Bertz CT molecular complexity index is 1150. The SMILES string of the molecule is C#CC[C@H](OC(C)=O)[C@@H]1C[C@@H](OC(C)=O)[C@H](n2c(=O)n(CC#C)c3cnc(N)nc32)O1. The first-order valence-corrected chi connectivity index (χ1v) is 9.36. The van der Waals surface area contributed by atoms with E-state index >= 15 is 0 Å². The number of carbonyl (C=O) groups excluding carboxylic acids is 2. The largest absolute Gasteiger partial charge is 0.459 e. The van der Waals surface area contributed by atoms with E-state index in [1.54, 1.807) is 0 Å². The van der Waals surface area contributed by atoms with E-state index < -0.39 is 42.2 Å². The van der Waals surface area contributed by atoms with Crippen LogP contribution in [0.3, 0.4) is 0 Å². The highest BCUT2D eigenvalue weighted by Crippen LogP contribution is 2.35. The molecule has 1 fully saturated rings. The molecule has 162 valence electrons. The van der Waals surface area contributed by atoms with Crippen molar-refractivity contribution >= 4 is 29.1 Å². The van der Waals surface area contributed by atoms with Gasteiger partial charge < -0.3 is 19.9 Å². The molecule has 3 heterocycles. The van der Waals surface area contributed by atoms with Crippen LogP contribution < -0.4 is 11.4 Å². The Morgan fingerprint density at radius 3 is 2.71 bits per heavy atom. The molecule has 2 aromatic rings. The third-order valence-corrected chi connectivity index (χ3v) is 4.69. The van der Waals surface area contributed by atoms with Gasteiger partial charge in [0.15, 0.2) is 11.9 Å². The van der Waals surface area contributed by atoms with Crippen LogP contribution in [-0.4, -0.2) is 49.4 Å². The fourth-order valence-electron chi connectivity index (χ4n) is 3.58. The maximum absolute atomic E-state index is 13.2. The molecule has 0 radical (unpaired) electrons. The van der Waals surface area contributed by atoms with E-state index in [2.05, 4.69) is 21.8 Å². The molecule has 0 bridgehead atoms. The van der Waals surface area contributed by atoms with Crippen LogP contribution >= 0.6 is 0 Å². The highest BCUT2D eigenvalue weighted by molar-refractivity contribution is 5.72. The van der Waals surface area contributed by atoms with Crippen molar-refractivity contribution in [3.8, 4) is 24.7 Å². The molecule has 0 aromatic carbocycles.